The third kappa shape index (κ3) is 2.85. The van der Waals surface area contributed by atoms with Gasteiger partial charge < -0.3 is 11.1 Å². The molecule has 0 unspecified atom stereocenters. The smallest absolute Gasteiger partial charge is 0.162 e. The second kappa shape index (κ2) is 5.89. The zero-order valence-electron chi connectivity index (χ0n) is 12.0. The second-order valence-corrected chi connectivity index (χ2v) is 4.99. The number of nitrogens with two attached hydrogens (primary N) is 1. The fourth-order valence-corrected chi connectivity index (χ4v) is 2.23. The average molecular weight is 278 g/mol. The highest BCUT2D eigenvalue weighted by molar-refractivity contribution is 5.90. The number of benzene rings is 2. The van der Waals surface area contributed by atoms with E-state index in [1.54, 1.807) is 0 Å². The lowest BCUT2D eigenvalue weighted by atomic mass is 10.1. The molecular formula is C17H18N4. The Morgan fingerprint density at radius 1 is 1.00 bits per heavy atom. The maximum atomic E-state index is 5.58. The van der Waals surface area contributed by atoms with Gasteiger partial charge in [-0.05, 0) is 19.1 Å². The number of anilines is 1. The van der Waals surface area contributed by atoms with Crippen molar-refractivity contribution in [3.63, 3.8) is 0 Å². The van der Waals surface area contributed by atoms with Gasteiger partial charge in [0, 0.05) is 24.0 Å². The molecule has 0 amide bonds. The minimum atomic E-state index is 0.568. The summed E-state index contributed by atoms with van der Waals surface area (Å²) < 4.78 is 0. The summed E-state index contributed by atoms with van der Waals surface area (Å²) >= 11 is 0. The van der Waals surface area contributed by atoms with Gasteiger partial charge in [0.25, 0.3) is 0 Å². The number of para-hydroxylation sites is 1. The fraction of sp³-hybridized carbons (Fsp3) is 0.176. The van der Waals surface area contributed by atoms with Crippen molar-refractivity contribution in [2.45, 2.75) is 6.92 Å². The van der Waals surface area contributed by atoms with Crippen LogP contribution in [0.2, 0.25) is 0 Å². The van der Waals surface area contributed by atoms with Crippen LogP contribution in [-0.4, -0.2) is 23.1 Å². The number of hydrogen-bond donors (Lipinski definition) is 2. The van der Waals surface area contributed by atoms with E-state index < -0.39 is 0 Å². The van der Waals surface area contributed by atoms with Gasteiger partial charge in [-0.3, -0.25) is 0 Å². The minimum absolute atomic E-state index is 0.568. The Hall–Kier alpha value is -2.46. The van der Waals surface area contributed by atoms with Crippen LogP contribution in [-0.2, 0) is 0 Å². The number of fused-ring (bicyclic) bond motifs is 1. The molecule has 4 nitrogen and oxygen atoms in total. The first-order valence-corrected chi connectivity index (χ1v) is 7.05. The lowest BCUT2D eigenvalue weighted by Crippen LogP contribution is -2.14. The van der Waals surface area contributed by atoms with Crippen molar-refractivity contribution < 1.29 is 0 Å². The standard InChI is InChI=1S/C17H18N4/c1-12-6-8-13(9-7-12)16-20-15-5-3-2-4-14(15)17(21-16)19-11-10-18/h2-9H,10-11,18H2,1H3,(H,19,20,21). The molecule has 0 radical (unpaired) electrons. The highest BCUT2D eigenvalue weighted by atomic mass is 15.0. The Kier molecular flexibility index (Phi) is 3.79. The van der Waals surface area contributed by atoms with E-state index in [-0.39, 0.29) is 0 Å². The summed E-state index contributed by atoms with van der Waals surface area (Å²) in [6.45, 7) is 3.33. The van der Waals surface area contributed by atoms with E-state index in [1.807, 2.05) is 36.4 Å². The third-order valence-corrected chi connectivity index (χ3v) is 3.35. The molecule has 0 saturated heterocycles. The molecule has 1 heterocycles. The Balaban J connectivity index is 2.12. The van der Waals surface area contributed by atoms with Crippen LogP contribution in [0.4, 0.5) is 5.82 Å². The maximum Gasteiger partial charge on any atom is 0.162 e. The van der Waals surface area contributed by atoms with Crippen molar-refractivity contribution in [3.05, 3.63) is 54.1 Å². The van der Waals surface area contributed by atoms with E-state index in [4.69, 9.17) is 5.73 Å². The third-order valence-electron chi connectivity index (χ3n) is 3.35. The first-order valence-electron chi connectivity index (χ1n) is 7.05. The Bertz CT molecular complexity index is 750. The average Bonchev–Trinajstić information content (AvgIpc) is 2.53. The topological polar surface area (TPSA) is 63.8 Å². The molecule has 3 rings (SSSR count). The zero-order valence-corrected chi connectivity index (χ0v) is 12.0. The van der Waals surface area contributed by atoms with E-state index >= 15 is 0 Å². The second-order valence-electron chi connectivity index (χ2n) is 4.99. The van der Waals surface area contributed by atoms with Crippen molar-refractivity contribution in [1.82, 2.24) is 9.97 Å². The molecule has 0 atom stereocenters. The lowest BCUT2D eigenvalue weighted by Gasteiger charge is -2.10. The molecule has 1 aromatic heterocycles. The van der Waals surface area contributed by atoms with E-state index in [1.165, 1.54) is 5.56 Å². The summed E-state index contributed by atoms with van der Waals surface area (Å²) in [6.07, 6.45) is 0. The first kappa shape index (κ1) is 13.5. The monoisotopic (exact) mass is 278 g/mol. The van der Waals surface area contributed by atoms with Crippen molar-refractivity contribution >= 4 is 16.7 Å². The van der Waals surface area contributed by atoms with E-state index in [9.17, 15) is 0 Å². The summed E-state index contributed by atoms with van der Waals surface area (Å²) in [5.41, 5.74) is 8.75. The van der Waals surface area contributed by atoms with Crippen LogP contribution in [0.5, 0.6) is 0 Å². The molecule has 0 aliphatic carbocycles. The normalized spacial score (nSPS) is 10.8. The van der Waals surface area contributed by atoms with Gasteiger partial charge in [-0.25, -0.2) is 9.97 Å². The Morgan fingerprint density at radius 2 is 1.76 bits per heavy atom. The summed E-state index contributed by atoms with van der Waals surface area (Å²) in [5, 5.41) is 4.30. The molecule has 0 saturated carbocycles. The highest BCUT2D eigenvalue weighted by Crippen LogP contribution is 2.24. The summed E-state index contributed by atoms with van der Waals surface area (Å²) in [5.74, 6) is 1.56. The van der Waals surface area contributed by atoms with Gasteiger partial charge in [0.2, 0.25) is 0 Å². The van der Waals surface area contributed by atoms with E-state index in [0.29, 0.717) is 13.1 Å². The van der Waals surface area contributed by atoms with Crippen molar-refractivity contribution in [2.24, 2.45) is 5.73 Å². The molecule has 4 heteroatoms. The quantitative estimate of drug-likeness (QED) is 0.770. The number of hydrogen-bond acceptors (Lipinski definition) is 4. The highest BCUT2D eigenvalue weighted by Gasteiger charge is 2.08. The molecule has 0 bridgehead atoms. The molecule has 3 aromatic rings. The molecule has 0 aliphatic heterocycles. The summed E-state index contributed by atoms with van der Waals surface area (Å²) in [7, 11) is 0. The van der Waals surface area contributed by atoms with Crippen LogP contribution in [0, 0.1) is 6.92 Å². The summed E-state index contributed by atoms with van der Waals surface area (Å²) in [4.78, 5) is 9.32. The van der Waals surface area contributed by atoms with Gasteiger partial charge >= 0.3 is 0 Å². The molecule has 2 aromatic carbocycles. The number of nitrogens with zero attached hydrogens (tertiary/aromatic N) is 2. The van der Waals surface area contributed by atoms with Crippen LogP contribution in [0.3, 0.4) is 0 Å². The minimum Gasteiger partial charge on any atom is -0.368 e. The Labute approximate surface area is 124 Å². The van der Waals surface area contributed by atoms with Crippen molar-refractivity contribution in [2.75, 3.05) is 18.4 Å². The van der Waals surface area contributed by atoms with Crippen LogP contribution in [0.1, 0.15) is 5.56 Å². The zero-order chi connectivity index (χ0) is 14.7. The fourth-order valence-electron chi connectivity index (χ4n) is 2.23. The van der Waals surface area contributed by atoms with Crippen LogP contribution >= 0.6 is 0 Å². The van der Waals surface area contributed by atoms with Crippen LogP contribution in [0.15, 0.2) is 48.5 Å². The molecule has 106 valence electrons. The van der Waals surface area contributed by atoms with Gasteiger partial charge in [-0.15, -0.1) is 0 Å². The lowest BCUT2D eigenvalue weighted by molar-refractivity contribution is 1.01. The number of aromatic nitrogens is 2. The molecule has 21 heavy (non-hydrogen) atoms. The van der Waals surface area contributed by atoms with Crippen molar-refractivity contribution in [1.29, 1.82) is 0 Å². The predicted molar refractivity (Wildman–Crippen MR) is 87.3 cm³/mol. The first-order chi connectivity index (χ1) is 10.3. The SMILES string of the molecule is Cc1ccc(-c2nc(NCCN)c3ccccc3n2)cc1. The predicted octanol–water partition coefficient (Wildman–Crippen LogP) is 2.98. The van der Waals surface area contributed by atoms with Crippen LogP contribution in [0.25, 0.3) is 22.3 Å². The van der Waals surface area contributed by atoms with Gasteiger partial charge in [-0.1, -0.05) is 42.0 Å². The number of rotatable bonds is 4. The van der Waals surface area contributed by atoms with Gasteiger partial charge in [0.05, 0.1) is 5.52 Å². The van der Waals surface area contributed by atoms with Gasteiger partial charge in [0.15, 0.2) is 5.82 Å². The van der Waals surface area contributed by atoms with Gasteiger partial charge in [0.1, 0.15) is 5.82 Å². The maximum absolute atomic E-state index is 5.58. The molecule has 0 aliphatic rings. The number of nitrogens with one attached hydrogen (secondary N) is 1. The summed E-state index contributed by atoms with van der Waals surface area (Å²) in [6, 6.07) is 16.2. The van der Waals surface area contributed by atoms with E-state index in [0.717, 1.165) is 28.1 Å². The Morgan fingerprint density at radius 3 is 2.52 bits per heavy atom. The largest absolute Gasteiger partial charge is 0.368 e. The molecule has 0 fully saturated rings. The number of aryl methyl sites for hydroxylation is 1. The van der Waals surface area contributed by atoms with E-state index in [2.05, 4.69) is 34.3 Å². The molecule has 0 spiro atoms. The van der Waals surface area contributed by atoms with Crippen molar-refractivity contribution in [3.8, 4) is 11.4 Å². The van der Waals surface area contributed by atoms with Crippen LogP contribution < -0.4 is 11.1 Å². The van der Waals surface area contributed by atoms with Gasteiger partial charge in [-0.2, -0.15) is 0 Å². The molecular weight excluding hydrogens is 260 g/mol. The molecule has 3 N–H and O–H groups in total.